The van der Waals surface area contributed by atoms with Crippen LogP contribution >= 0.6 is 11.8 Å². The van der Waals surface area contributed by atoms with Crippen LogP contribution in [0.2, 0.25) is 0 Å². The van der Waals surface area contributed by atoms with Crippen molar-refractivity contribution < 1.29 is 14.0 Å². The fourth-order valence-corrected chi connectivity index (χ4v) is 3.34. The predicted molar refractivity (Wildman–Crippen MR) is 87.4 cm³/mol. The van der Waals surface area contributed by atoms with Gasteiger partial charge in [0.1, 0.15) is 12.1 Å². The van der Waals surface area contributed by atoms with Crippen LogP contribution in [-0.4, -0.2) is 68.3 Å². The molecular formula is C15H19N5O3S. The Bertz CT molecular complexity index is 692. The molecule has 9 heteroatoms. The van der Waals surface area contributed by atoms with Crippen molar-refractivity contribution >= 4 is 23.6 Å². The van der Waals surface area contributed by atoms with Gasteiger partial charge in [-0.2, -0.15) is 0 Å². The lowest BCUT2D eigenvalue weighted by Crippen LogP contribution is -2.50. The monoisotopic (exact) mass is 349 g/mol. The van der Waals surface area contributed by atoms with Crippen molar-refractivity contribution in [2.45, 2.75) is 18.6 Å². The fraction of sp³-hybridized carbons (Fsp3) is 0.467. The molecule has 2 aromatic rings. The average Bonchev–Trinajstić information content (AvgIpc) is 3.25. The third-order valence-corrected chi connectivity index (χ3v) is 4.85. The number of piperazine rings is 1. The second-order valence-corrected chi connectivity index (χ2v) is 6.44. The fourth-order valence-electron chi connectivity index (χ4n) is 2.52. The zero-order chi connectivity index (χ0) is 16.9. The van der Waals surface area contributed by atoms with Crippen LogP contribution in [0.4, 0.5) is 0 Å². The Morgan fingerprint density at radius 1 is 1.25 bits per heavy atom. The second-order valence-electron chi connectivity index (χ2n) is 5.50. The van der Waals surface area contributed by atoms with Crippen LogP contribution in [0.15, 0.2) is 34.3 Å². The first-order valence-electron chi connectivity index (χ1n) is 7.70. The molecule has 1 aliphatic rings. The number of nitrogens with zero attached hydrogens (tertiary/aromatic N) is 5. The third kappa shape index (κ3) is 3.97. The molecule has 0 bridgehead atoms. The standard InChI is InChI=1S/C15H19N5O3S/c1-12(21)18-4-6-19(7-5-18)14(22)10-24-15-17-16-11-20(15)9-13-3-2-8-23-13/h2-3,8,11H,4-7,9-10H2,1H3. The van der Waals surface area contributed by atoms with E-state index in [4.69, 9.17) is 4.42 Å². The lowest BCUT2D eigenvalue weighted by atomic mass is 10.3. The number of carbonyl (C=O) groups is 2. The summed E-state index contributed by atoms with van der Waals surface area (Å²) in [6, 6.07) is 3.71. The Morgan fingerprint density at radius 2 is 2.00 bits per heavy atom. The van der Waals surface area contributed by atoms with Crippen molar-refractivity contribution in [3.63, 3.8) is 0 Å². The van der Waals surface area contributed by atoms with Crippen molar-refractivity contribution in [1.82, 2.24) is 24.6 Å². The number of carbonyl (C=O) groups excluding carboxylic acids is 2. The van der Waals surface area contributed by atoms with Gasteiger partial charge in [0, 0.05) is 33.1 Å². The van der Waals surface area contributed by atoms with Crippen LogP contribution in [0.3, 0.4) is 0 Å². The number of aromatic nitrogens is 3. The highest BCUT2D eigenvalue weighted by atomic mass is 32.2. The molecule has 0 atom stereocenters. The van der Waals surface area contributed by atoms with Crippen LogP contribution in [-0.2, 0) is 16.1 Å². The molecular weight excluding hydrogens is 330 g/mol. The Balaban J connectivity index is 1.50. The first-order chi connectivity index (χ1) is 11.6. The molecule has 0 aromatic carbocycles. The molecule has 2 aromatic heterocycles. The summed E-state index contributed by atoms with van der Waals surface area (Å²) in [6.07, 6.45) is 3.25. The SMILES string of the molecule is CC(=O)N1CCN(C(=O)CSc2nncn2Cc2ccco2)CC1. The molecule has 8 nitrogen and oxygen atoms in total. The third-order valence-electron chi connectivity index (χ3n) is 3.89. The largest absolute Gasteiger partial charge is 0.467 e. The predicted octanol–water partition coefficient (Wildman–Crippen LogP) is 0.702. The summed E-state index contributed by atoms with van der Waals surface area (Å²) >= 11 is 1.36. The highest BCUT2D eigenvalue weighted by molar-refractivity contribution is 7.99. The van der Waals surface area contributed by atoms with Gasteiger partial charge < -0.3 is 18.8 Å². The van der Waals surface area contributed by atoms with Gasteiger partial charge in [-0.3, -0.25) is 9.59 Å². The topological polar surface area (TPSA) is 84.5 Å². The van der Waals surface area contributed by atoms with Gasteiger partial charge >= 0.3 is 0 Å². The summed E-state index contributed by atoms with van der Waals surface area (Å²) in [4.78, 5) is 27.2. The second kappa shape index (κ2) is 7.52. The molecule has 0 aliphatic carbocycles. The van der Waals surface area contributed by atoms with Gasteiger partial charge in [0.2, 0.25) is 11.8 Å². The van der Waals surface area contributed by atoms with Crippen LogP contribution in [0.25, 0.3) is 0 Å². The number of hydrogen-bond donors (Lipinski definition) is 0. The normalized spacial score (nSPS) is 14.9. The van der Waals surface area contributed by atoms with Crippen LogP contribution in [0.5, 0.6) is 0 Å². The Labute approximate surface area is 143 Å². The minimum absolute atomic E-state index is 0.0516. The summed E-state index contributed by atoms with van der Waals surface area (Å²) in [5.41, 5.74) is 0. The number of amides is 2. The Kier molecular flexibility index (Phi) is 5.19. The molecule has 3 rings (SSSR count). The lowest BCUT2D eigenvalue weighted by molar-refractivity contribution is -0.136. The molecule has 0 saturated carbocycles. The van der Waals surface area contributed by atoms with Crippen LogP contribution < -0.4 is 0 Å². The Morgan fingerprint density at radius 3 is 2.67 bits per heavy atom. The highest BCUT2D eigenvalue weighted by Crippen LogP contribution is 2.17. The molecule has 3 heterocycles. The van der Waals surface area contributed by atoms with Gasteiger partial charge in [-0.05, 0) is 12.1 Å². The zero-order valence-corrected chi connectivity index (χ0v) is 14.2. The van der Waals surface area contributed by atoms with E-state index in [1.54, 1.807) is 29.3 Å². The first-order valence-corrected chi connectivity index (χ1v) is 8.68. The molecule has 0 unspecified atom stereocenters. The van der Waals surface area contributed by atoms with E-state index in [0.29, 0.717) is 43.6 Å². The molecule has 1 aliphatic heterocycles. The van der Waals surface area contributed by atoms with Gasteiger partial charge in [-0.15, -0.1) is 10.2 Å². The number of furan rings is 1. The van der Waals surface area contributed by atoms with E-state index < -0.39 is 0 Å². The Hall–Kier alpha value is -2.29. The number of hydrogen-bond acceptors (Lipinski definition) is 6. The van der Waals surface area contributed by atoms with Gasteiger partial charge in [-0.25, -0.2) is 0 Å². The van der Waals surface area contributed by atoms with E-state index in [1.807, 2.05) is 16.7 Å². The van der Waals surface area contributed by atoms with Gasteiger partial charge in [0.05, 0.1) is 18.6 Å². The maximum atomic E-state index is 12.3. The van der Waals surface area contributed by atoms with E-state index >= 15 is 0 Å². The van der Waals surface area contributed by atoms with E-state index in [1.165, 1.54) is 11.8 Å². The molecule has 0 spiro atoms. The van der Waals surface area contributed by atoms with Gasteiger partial charge in [0.25, 0.3) is 0 Å². The number of thioether (sulfide) groups is 1. The van der Waals surface area contributed by atoms with E-state index in [9.17, 15) is 9.59 Å². The van der Waals surface area contributed by atoms with Gasteiger partial charge in [-0.1, -0.05) is 11.8 Å². The number of rotatable bonds is 5. The van der Waals surface area contributed by atoms with Crippen LogP contribution in [0, 0.1) is 0 Å². The zero-order valence-electron chi connectivity index (χ0n) is 13.4. The molecule has 0 radical (unpaired) electrons. The molecule has 128 valence electrons. The summed E-state index contributed by atoms with van der Waals surface area (Å²) in [5.74, 6) is 1.22. The van der Waals surface area contributed by atoms with Crippen molar-refractivity contribution in [1.29, 1.82) is 0 Å². The van der Waals surface area contributed by atoms with E-state index in [-0.39, 0.29) is 11.8 Å². The maximum Gasteiger partial charge on any atom is 0.233 e. The molecule has 1 saturated heterocycles. The highest BCUT2D eigenvalue weighted by Gasteiger charge is 2.22. The van der Waals surface area contributed by atoms with Crippen molar-refractivity contribution in [3.8, 4) is 0 Å². The summed E-state index contributed by atoms with van der Waals surface area (Å²) in [7, 11) is 0. The van der Waals surface area contributed by atoms with Crippen molar-refractivity contribution in [3.05, 3.63) is 30.5 Å². The van der Waals surface area contributed by atoms with Crippen LogP contribution in [0.1, 0.15) is 12.7 Å². The molecule has 0 N–H and O–H groups in total. The molecule has 1 fully saturated rings. The molecule has 24 heavy (non-hydrogen) atoms. The van der Waals surface area contributed by atoms with Gasteiger partial charge in [0.15, 0.2) is 5.16 Å². The van der Waals surface area contributed by atoms with E-state index in [2.05, 4.69) is 10.2 Å². The summed E-state index contributed by atoms with van der Waals surface area (Å²) in [6.45, 7) is 4.45. The first kappa shape index (κ1) is 16.6. The minimum atomic E-state index is 0.0516. The summed E-state index contributed by atoms with van der Waals surface area (Å²) in [5, 5.41) is 8.65. The van der Waals surface area contributed by atoms with Crippen molar-refractivity contribution in [2.24, 2.45) is 0 Å². The minimum Gasteiger partial charge on any atom is -0.467 e. The maximum absolute atomic E-state index is 12.3. The van der Waals surface area contributed by atoms with E-state index in [0.717, 1.165) is 5.76 Å². The smallest absolute Gasteiger partial charge is 0.233 e. The van der Waals surface area contributed by atoms with Crippen molar-refractivity contribution in [2.75, 3.05) is 31.9 Å². The molecule has 2 amide bonds. The summed E-state index contributed by atoms with van der Waals surface area (Å²) < 4.78 is 7.17. The lowest BCUT2D eigenvalue weighted by Gasteiger charge is -2.34. The quantitative estimate of drug-likeness (QED) is 0.739. The average molecular weight is 349 g/mol.